The van der Waals surface area contributed by atoms with Crippen LogP contribution in [0.15, 0.2) is 47.5 Å². The van der Waals surface area contributed by atoms with Crippen LogP contribution in [-0.4, -0.2) is 102 Å². The van der Waals surface area contributed by atoms with Gasteiger partial charge in [-0.05, 0) is 61.1 Å². The summed E-state index contributed by atoms with van der Waals surface area (Å²) in [5, 5.41) is 12.6. The minimum Gasteiger partial charge on any atom is -0.496 e. The molecular formula is C39H45F3N8O6. The van der Waals surface area contributed by atoms with E-state index in [0.717, 1.165) is 22.8 Å². The number of amides is 3. The van der Waals surface area contributed by atoms with Crippen LogP contribution in [0.5, 0.6) is 11.5 Å². The molecule has 7 rings (SSSR count). The first kappa shape index (κ1) is 38.7. The summed E-state index contributed by atoms with van der Waals surface area (Å²) in [5.41, 5.74) is 2.14. The molecule has 17 heteroatoms. The Hall–Kier alpha value is -5.58. The smallest absolute Gasteiger partial charge is 0.418 e. The van der Waals surface area contributed by atoms with Gasteiger partial charge in [-0.15, -0.1) is 0 Å². The van der Waals surface area contributed by atoms with Gasteiger partial charge in [-0.1, -0.05) is 0 Å². The fourth-order valence-electron chi connectivity index (χ4n) is 7.97. The van der Waals surface area contributed by atoms with E-state index in [2.05, 4.69) is 25.7 Å². The number of hydrogen-bond acceptors (Lipinski definition) is 10. The average Bonchev–Trinajstić information content (AvgIpc) is 3.68. The Bertz CT molecular complexity index is 2160. The van der Waals surface area contributed by atoms with Crippen LogP contribution >= 0.6 is 0 Å². The summed E-state index contributed by atoms with van der Waals surface area (Å²) in [6.07, 6.45) is 0.595. The first-order valence-corrected chi connectivity index (χ1v) is 18.7. The van der Waals surface area contributed by atoms with Crippen molar-refractivity contribution in [1.29, 1.82) is 0 Å². The number of aromatic nitrogens is 3. The van der Waals surface area contributed by atoms with Crippen molar-refractivity contribution in [2.75, 3.05) is 63.7 Å². The van der Waals surface area contributed by atoms with Gasteiger partial charge >= 0.3 is 6.18 Å². The van der Waals surface area contributed by atoms with Gasteiger partial charge in [0.1, 0.15) is 23.1 Å². The monoisotopic (exact) mass is 778 g/mol. The number of piperidine rings is 2. The van der Waals surface area contributed by atoms with Crippen LogP contribution in [-0.2, 0) is 34.2 Å². The zero-order valence-corrected chi connectivity index (χ0v) is 31.5. The fraction of sp³-hybridized carbons (Fsp3) is 0.462. The molecule has 298 valence electrons. The molecule has 3 fully saturated rings. The number of piperazine rings is 1. The molecule has 3 saturated heterocycles. The summed E-state index contributed by atoms with van der Waals surface area (Å²) in [6, 6.07) is 7.03. The van der Waals surface area contributed by atoms with Gasteiger partial charge in [-0.3, -0.25) is 34.5 Å². The normalized spacial score (nSPS) is 18.6. The number of alkyl halides is 3. The number of hydrogen-bond donors (Lipinski definition) is 3. The molecule has 0 spiro atoms. The molecule has 3 aliphatic rings. The lowest BCUT2D eigenvalue weighted by atomic mass is 9.92. The Kier molecular flexibility index (Phi) is 11.0. The second-order valence-corrected chi connectivity index (χ2v) is 14.6. The molecule has 1 unspecified atom stereocenters. The van der Waals surface area contributed by atoms with Crippen molar-refractivity contribution in [3.63, 3.8) is 0 Å². The van der Waals surface area contributed by atoms with E-state index in [1.807, 2.05) is 17.0 Å². The number of halogens is 3. The van der Waals surface area contributed by atoms with E-state index in [0.29, 0.717) is 87.5 Å². The number of nitrogens with zero attached hydrogens (tertiary/aromatic N) is 5. The number of fused-ring (bicyclic) bond motifs is 1. The van der Waals surface area contributed by atoms with E-state index in [1.165, 1.54) is 16.7 Å². The zero-order valence-electron chi connectivity index (χ0n) is 31.5. The molecule has 0 aliphatic carbocycles. The molecule has 3 aliphatic heterocycles. The van der Waals surface area contributed by atoms with Gasteiger partial charge in [-0.2, -0.15) is 18.3 Å². The minimum atomic E-state index is -4.62. The molecule has 5 heterocycles. The number of ether oxygens (including phenoxy) is 2. The van der Waals surface area contributed by atoms with Crippen LogP contribution < -0.4 is 30.6 Å². The number of H-pyrrole nitrogens is 1. The maximum absolute atomic E-state index is 14.3. The molecule has 2 aromatic heterocycles. The van der Waals surface area contributed by atoms with Crippen molar-refractivity contribution >= 4 is 40.0 Å². The van der Waals surface area contributed by atoms with E-state index in [1.54, 1.807) is 38.6 Å². The van der Waals surface area contributed by atoms with Gasteiger partial charge in [0.2, 0.25) is 17.7 Å². The van der Waals surface area contributed by atoms with Crippen molar-refractivity contribution in [1.82, 2.24) is 29.9 Å². The van der Waals surface area contributed by atoms with Crippen molar-refractivity contribution in [2.45, 2.75) is 50.9 Å². The molecule has 0 bridgehead atoms. The number of aryl methyl sites for hydroxylation is 1. The van der Waals surface area contributed by atoms with Gasteiger partial charge in [-0.25, -0.2) is 0 Å². The minimum absolute atomic E-state index is 0.0466. The lowest BCUT2D eigenvalue weighted by Gasteiger charge is -2.38. The molecule has 2 aromatic carbocycles. The van der Waals surface area contributed by atoms with Crippen LogP contribution in [0.25, 0.3) is 22.0 Å². The molecule has 14 nitrogen and oxygen atoms in total. The summed E-state index contributed by atoms with van der Waals surface area (Å²) in [6.45, 7) is 3.68. The standard InChI is InChI=1S/C39H45F3N8O6/c1-47-21-27(26-20-43-46-36(26)38(47)54)24-17-32(55-2)28(33(18-24)56-3)22-48-12-14-50(15-13-48)35(52)16-23-8-10-49(11-9-23)31-6-4-25(19-29(31)39(40,41)42)44-30-5-7-34(51)45-37(30)53/h4,6,17-21,23,30,44H,5,7-16,22H2,1-3H3,(H,43,46)(H,45,51,53). The first-order valence-electron chi connectivity index (χ1n) is 18.7. The maximum Gasteiger partial charge on any atom is 0.418 e. The number of nitrogens with one attached hydrogen (secondary N) is 3. The number of anilines is 2. The highest BCUT2D eigenvalue weighted by Gasteiger charge is 2.37. The third kappa shape index (κ3) is 8.03. The quantitative estimate of drug-likeness (QED) is 0.200. The summed E-state index contributed by atoms with van der Waals surface area (Å²) in [7, 11) is 4.90. The highest BCUT2D eigenvalue weighted by atomic mass is 19.4. The highest BCUT2D eigenvalue weighted by Crippen LogP contribution is 2.41. The molecule has 0 saturated carbocycles. The van der Waals surface area contributed by atoms with Crippen LogP contribution in [0, 0.1) is 5.92 Å². The summed E-state index contributed by atoms with van der Waals surface area (Å²) < 4.78 is 55.9. The number of pyridine rings is 1. The Morgan fingerprint density at radius 2 is 1.66 bits per heavy atom. The molecule has 56 heavy (non-hydrogen) atoms. The van der Waals surface area contributed by atoms with Crippen LogP contribution in [0.2, 0.25) is 0 Å². The average molecular weight is 779 g/mol. The highest BCUT2D eigenvalue weighted by molar-refractivity contribution is 6.01. The number of carbonyl (C=O) groups excluding carboxylic acids is 3. The lowest BCUT2D eigenvalue weighted by Crippen LogP contribution is -2.49. The Morgan fingerprint density at radius 1 is 0.964 bits per heavy atom. The summed E-state index contributed by atoms with van der Waals surface area (Å²) in [4.78, 5) is 55.5. The van der Waals surface area contributed by atoms with E-state index in [4.69, 9.17) is 9.47 Å². The van der Waals surface area contributed by atoms with Crippen molar-refractivity contribution < 1.29 is 37.0 Å². The summed E-state index contributed by atoms with van der Waals surface area (Å²) >= 11 is 0. The lowest BCUT2D eigenvalue weighted by molar-refractivity contribution is -0.137. The number of imide groups is 1. The van der Waals surface area contributed by atoms with Gasteiger partial charge in [0.15, 0.2) is 0 Å². The Morgan fingerprint density at radius 3 is 2.30 bits per heavy atom. The predicted molar refractivity (Wildman–Crippen MR) is 203 cm³/mol. The van der Waals surface area contributed by atoms with Gasteiger partial charge < -0.3 is 29.2 Å². The molecule has 1 atom stereocenters. The fourth-order valence-corrected chi connectivity index (χ4v) is 7.97. The molecule has 0 radical (unpaired) electrons. The predicted octanol–water partition coefficient (Wildman–Crippen LogP) is 4.13. The SMILES string of the molecule is COc1cc(-c2cn(C)c(=O)c3[nH]ncc23)cc(OC)c1CN1CCN(C(=O)CC2CCN(c3ccc(NC4CCC(=O)NC4=O)cc3C(F)(F)F)CC2)CC1. The molecular weight excluding hydrogens is 733 g/mol. The van der Waals surface area contributed by atoms with E-state index in [9.17, 15) is 32.3 Å². The van der Waals surface area contributed by atoms with Gasteiger partial charge in [0, 0.05) is 94.2 Å². The second-order valence-electron chi connectivity index (χ2n) is 14.6. The third-order valence-corrected chi connectivity index (χ3v) is 11.1. The second kappa shape index (κ2) is 15.9. The topological polar surface area (TPSA) is 154 Å². The number of methoxy groups -OCH3 is 2. The van der Waals surface area contributed by atoms with Gasteiger partial charge in [0.25, 0.3) is 5.56 Å². The number of benzene rings is 2. The Balaban J connectivity index is 0.935. The van der Waals surface area contributed by atoms with E-state index >= 15 is 0 Å². The number of aromatic amines is 1. The summed E-state index contributed by atoms with van der Waals surface area (Å²) in [5.74, 6) is 0.418. The zero-order chi connectivity index (χ0) is 39.7. The van der Waals surface area contributed by atoms with Crippen LogP contribution in [0.4, 0.5) is 24.5 Å². The van der Waals surface area contributed by atoms with Crippen molar-refractivity contribution in [3.05, 3.63) is 64.2 Å². The number of carbonyl (C=O) groups is 3. The molecule has 3 amide bonds. The first-order chi connectivity index (χ1) is 26.8. The van der Waals surface area contributed by atoms with E-state index in [-0.39, 0.29) is 41.6 Å². The number of rotatable bonds is 10. The Labute approximate surface area is 320 Å². The molecule has 4 aromatic rings. The largest absolute Gasteiger partial charge is 0.496 e. The molecule has 3 N–H and O–H groups in total. The van der Waals surface area contributed by atoms with Crippen LogP contribution in [0.1, 0.15) is 43.2 Å². The van der Waals surface area contributed by atoms with E-state index < -0.39 is 29.6 Å². The third-order valence-electron chi connectivity index (χ3n) is 11.1. The van der Waals surface area contributed by atoms with Gasteiger partial charge in [0.05, 0.1) is 31.5 Å². The maximum atomic E-state index is 14.3. The van der Waals surface area contributed by atoms with Crippen molar-refractivity contribution in [3.8, 4) is 22.6 Å². The van der Waals surface area contributed by atoms with Crippen molar-refractivity contribution in [2.24, 2.45) is 13.0 Å². The van der Waals surface area contributed by atoms with Crippen LogP contribution in [0.3, 0.4) is 0 Å².